The maximum absolute atomic E-state index is 12.4. The number of nitrogens with zero attached hydrogens (tertiary/aromatic N) is 2. The van der Waals surface area contributed by atoms with Crippen LogP contribution in [-0.2, 0) is 18.2 Å². The molecule has 0 saturated carbocycles. The van der Waals surface area contributed by atoms with Gasteiger partial charge < -0.3 is 8.83 Å². The zero-order chi connectivity index (χ0) is 26.8. The zero-order valence-corrected chi connectivity index (χ0v) is 19.9. The largest absolute Gasteiger partial charge is 0.441 e. The van der Waals surface area contributed by atoms with Gasteiger partial charge in [0, 0.05) is 19.4 Å². The number of alkyl halides is 7. The van der Waals surface area contributed by atoms with E-state index in [1.54, 1.807) is 20.8 Å². The first-order chi connectivity index (χ1) is 16.7. The number of aromatic nitrogens is 2. The minimum Gasteiger partial charge on any atom is -0.441 e. The number of rotatable bonds is 3. The van der Waals surface area contributed by atoms with Gasteiger partial charge in [0.05, 0.1) is 33.0 Å². The fourth-order valence-electron chi connectivity index (χ4n) is 3.02. The Morgan fingerprint density at radius 1 is 0.778 bits per heavy atom. The van der Waals surface area contributed by atoms with Gasteiger partial charge in [0.1, 0.15) is 5.76 Å². The smallest absolute Gasteiger partial charge is 0.429 e. The number of aryl methyl sites for hydroxylation is 2. The molecular formula is C24H20ClF6N2O3+. The molecule has 0 unspecified atom stereocenters. The summed E-state index contributed by atoms with van der Waals surface area (Å²) in [6.07, 6.45) is -8.71. The molecular weight excluding hydrogens is 514 g/mol. The van der Waals surface area contributed by atoms with Gasteiger partial charge in [-0.05, 0) is 55.5 Å². The Morgan fingerprint density at radius 2 is 1.25 bits per heavy atom. The Balaban J connectivity index is 0.000000201. The number of oxazole rings is 2. The van der Waals surface area contributed by atoms with E-state index in [-0.39, 0.29) is 17.7 Å². The maximum Gasteiger partial charge on any atom is 0.429 e. The molecule has 0 bridgehead atoms. The molecule has 1 N–H and O–H groups in total. The third-order valence-corrected chi connectivity index (χ3v) is 5.46. The molecule has 4 rings (SSSR count). The molecule has 0 atom stereocenters. The molecule has 0 saturated heterocycles. The van der Waals surface area contributed by atoms with Crippen molar-refractivity contribution < 1.29 is 45.1 Å². The summed E-state index contributed by atoms with van der Waals surface area (Å²) >= 11 is 5.65. The summed E-state index contributed by atoms with van der Waals surface area (Å²) in [4.78, 5) is 4.11. The van der Waals surface area contributed by atoms with Crippen LogP contribution in [0.4, 0.5) is 26.3 Å². The Hall–Kier alpha value is -3.47. The minimum atomic E-state index is -4.37. The highest BCUT2D eigenvalue weighted by Gasteiger charge is 2.32. The van der Waals surface area contributed by atoms with Crippen molar-refractivity contribution in [3.05, 3.63) is 82.6 Å². The third-order valence-electron chi connectivity index (χ3n) is 5.21. The van der Waals surface area contributed by atoms with E-state index in [0.29, 0.717) is 34.0 Å². The van der Waals surface area contributed by atoms with Gasteiger partial charge >= 0.3 is 18.2 Å². The van der Waals surface area contributed by atoms with Crippen molar-refractivity contribution in [2.24, 2.45) is 0 Å². The molecule has 2 heterocycles. The highest BCUT2D eigenvalue weighted by atomic mass is 35.5. The molecule has 0 aliphatic carbocycles. The molecule has 0 spiro atoms. The van der Waals surface area contributed by atoms with Gasteiger partial charge in [-0.25, -0.2) is 4.98 Å². The van der Waals surface area contributed by atoms with Crippen LogP contribution in [0.1, 0.15) is 34.0 Å². The van der Waals surface area contributed by atoms with Crippen molar-refractivity contribution in [3.8, 4) is 22.9 Å². The predicted molar refractivity (Wildman–Crippen MR) is 117 cm³/mol. The second kappa shape index (κ2) is 10.3. The lowest BCUT2D eigenvalue weighted by atomic mass is 10.1. The fourth-order valence-corrected chi connectivity index (χ4v) is 3.27. The number of halogens is 7. The third kappa shape index (κ3) is 6.01. The summed E-state index contributed by atoms with van der Waals surface area (Å²) in [7, 11) is 0. The van der Waals surface area contributed by atoms with Crippen LogP contribution in [-0.4, -0.2) is 10.2 Å². The summed E-state index contributed by atoms with van der Waals surface area (Å²) < 4.78 is 85.8. The Labute approximate surface area is 206 Å². The monoisotopic (exact) mass is 533 g/mol. The standard InChI is InChI=1S/C12H9ClF3NO.C12H11F3NO2/c1-7-10(6-13)17-11(18-7)8-2-4-9(5-3-8)12(14,15)16;1-7-8(2)18-11(16(7)17)9-3-5-10(6-4-9)12(13,14)15/h2-5H,6H2,1H3;3-6,17H,1-2H3/q;+1. The molecule has 0 radical (unpaired) electrons. The fraction of sp³-hybridized carbons (Fsp3) is 0.250. The van der Waals surface area contributed by atoms with Gasteiger partial charge in [-0.1, -0.05) is 0 Å². The van der Waals surface area contributed by atoms with Crippen LogP contribution >= 0.6 is 11.6 Å². The molecule has 0 aliphatic heterocycles. The Kier molecular flexibility index (Phi) is 7.73. The molecule has 5 nitrogen and oxygen atoms in total. The van der Waals surface area contributed by atoms with Crippen LogP contribution in [0.15, 0.2) is 57.4 Å². The molecule has 36 heavy (non-hydrogen) atoms. The van der Waals surface area contributed by atoms with Gasteiger partial charge in [0.2, 0.25) is 5.89 Å². The van der Waals surface area contributed by atoms with Gasteiger partial charge in [-0.2, -0.15) is 26.3 Å². The molecule has 12 heteroatoms. The SMILES string of the molecule is Cc1oc(-c2ccc(C(F)(F)F)cc2)[n+](O)c1C.Cc1oc(-c2ccc(C(F)(F)F)cc2)nc1CCl. The van der Waals surface area contributed by atoms with E-state index in [2.05, 4.69) is 4.98 Å². The minimum absolute atomic E-state index is 0.110. The quantitative estimate of drug-likeness (QED) is 0.128. The van der Waals surface area contributed by atoms with E-state index in [0.717, 1.165) is 29.0 Å². The molecule has 0 amide bonds. The zero-order valence-electron chi connectivity index (χ0n) is 19.1. The van der Waals surface area contributed by atoms with E-state index < -0.39 is 23.5 Å². The molecule has 0 fully saturated rings. The van der Waals surface area contributed by atoms with Crippen molar-refractivity contribution in [1.29, 1.82) is 0 Å². The second-order valence-corrected chi connectivity index (χ2v) is 7.93. The van der Waals surface area contributed by atoms with Crippen molar-refractivity contribution in [1.82, 2.24) is 4.98 Å². The van der Waals surface area contributed by atoms with Crippen molar-refractivity contribution >= 4 is 11.6 Å². The normalized spacial score (nSPS) is 11.8. The predicted octanol–water partition coefficient (Wildman–Crippen LogP) is 7.51. The average Bonchev–Trinajstić information content (AvgIpc) is 3.33. The van der Waals surface area contributed by atoms with Crippen molar-refractivity contribution in [2.75, 3.05) is 0 Å². The summed E-state index contributed by atoms with van der Waals surface area (Å²) in [5, 5.41) is 9.70. The van der Waals surface area contributed by atoms with Crippen LogP contribution in [0.25, 0.3) is 22.9 Å². The van der Waals surface area contributed by atoms with Crippen molar-refractivity contribution in [3.63, 3.8) is 0 Å². The lowest BCUT2D eigenvalue weighted by Crippen LogP contribution is -2.33. The lowest BCUT2D eigenvalue weighted by Gasteiger charge is -2.05. The first kappa shape index (κ1) is 27.1. The first-order valence-electron chi connectivity index (χ1n) is 10.3. The van der Waals surface area contributed by atoms with Crippen LogP contribution in [0.3, 0.4) is 0 Å². The average molecular weight is 534 g/mol. The van der Waals surface area contributed by atoms with E-state index in [1.807, 2.05) is 0 Å². The number of hydrogen-bond acceptors (Lipinski definition) is 4. The number of hydrogen-bond donors (Lipinski definition) is 1. The van der Waals surface area contributed by atoms with Gasteiger partial charge in [0.25, 0.3) is 5.69 Å². The summed E-state index contributed by atoms with van der Waals surface area (Å²) in [6, 6.07) is 9.05. The highest BCUT2D eigenvalue weighted by molar-refractivity contribution is 6.17. The van der Waals surface area contributed by atoms with Crippen LogP contribution in [0, 0.1) is 20.8 Å². The van der Waals surface area contributed by atoms with Crippen LogP contribution in [0.5, 0.6) is 0 Å². The molecule has 2 aromatic carbocycles. The lowest BCUT2D eigenvalue weighted by molar-refractivity contribution is -0.901. The molecule has 4 aromatic rings. The Morgan fingerprint density at radius 3 is 1.61 bits per heavy atom. The second-order valence-electron chi connectivity index (χ2n) is 7.67. The van der Waals surface area contributed by atoms with E-state index in [4.69, 9.17) is 20.4 Å². The van der Waals surface area contributed by atoms with Gasteiger partial charge in [0.15, 0.2) is 5.76 Å². The topological polar surface area (TPSA) is 63.3 Å². The maximum atomic E-state index is 12.4. The highest BCUT2D eigenvalue weighted by Crippen LogP contribution is 2.32. The van der Waals surface area contributed by atoms with Crippen molar-refractivity contribution in [2.45, 2.75) is 39.0 Å². The summed E-state index contributed by atoms with van der Waals surface area (Å²) in [5.74, 6) is 1.67. The molecule has 0 aliphatic rings. The Bertz CT molecular complexity index is 1320. The number of benzene rings is 2. The van der Waals surface area contributed by atoms with E-state index in [1.165, 1.54) is 24.3 Å². The van der Waals surface area contributed by atoms with Crippen LogP contribution in [0.2, 0.25) is 0 Å². The van der Waals surface area contributed by atoms with Gasteiger partial charge in [-0.3, -0.25) is 5.21 Å². The molecule has 2 aromatic heterocycles. The van der Waals surface area contributed by atoms with E-state index in [9.17, 15) is 31.5 Å². The molecule has 192 valence electrons. The van der Waals surface area contributed by atoms with E-state index >= 15 is 0 Å². The summed E-state index contributed by atoms with van der Waals surface area (Å²) in [6.45, 7) is 5.01. The van der Waals surface area contributed by atoms with Gasteiger partial charge in [-0.15, -0.1) is 11.6 Å². The first-order valence-corrected chi connectivity index (χ1v) is 10.8. The summed E-state index contributed by atoms with van der Waals surface area (Å²) in [5.41, 5.74) is 0.517. The van der Waals surface area contributed by atoms with Crippen LogP contribution < -0.4 is 4.73 Å².